The maximum Gasteiger partial charge on any atom is 0.328 e. The predicted octanol–water partition coefficient (Wildman–Crippen LogP) is 4.16. The third-order valence-electron chi connectivity index (χ3n) is 3.19. The first-order valence-electron chi connectivity index (χ1n) is 6.37. The van der Waals surface area contributed by atoms with Gasteiger partial charge in [0.1, 0.15) is 6.04 Å². The largest absolute Gasteiger partial charge is 0.467 e. The molecule has 2 rings (SSSR count). The second-order valence-electron chi connectivity index (χ2n) is 5.09. The third kappa shape index (κ3) is 3.00. The van der Waals surface area contributed by atoms with Crippen LogP contribution in [0.3, 0.4) is 0 Å². The zero-order chi connectivity index (χ0) is 14.0. The van der Waals surface area contributed by atoms with Crippen LogP contribution in [0.25, 0.3) is 10.9 Å². The Bertz CT molecular complexity index is 589. The van der Waals surface area contributed by atoms with E-state index in [1.165, 1.54) is 7.11 Å². The molecule has 0 radical (unpaired) electrons. The zero-order valence-electron chi connectivity index (χ0n) is 11.4. The van der Waals surface area contributed by atoms with E-state index in [1.807, 2.05) is 35.0 Å². The lowest BCUT2D eigenvalue weighted by Crippen LogP contribution is -2.22. The van der Waals surface area contributed by atoms with Crippen molar-refractivity contribution in [2.24, 2.45) is 5.92 Å². The fourth-order valence-electron chi connectivity index (χ4n) is 2.30. The van der Waals surface area contributed by atoms with Crippen LogP contribution in [0.15, 0.2) is 34.9 Å². The molecule has 3 nitrogen and oxygen atoms in total. The lowest BCUT2D eigenvalue weighted by Gasteiger charge is -2.19. The number of hydrogen-bond acceptors (Lipinski definition) is 2. The van der Waals surface area contributed by atoms with Gasteiger partial charge < -0.3 is 9.30 Å². The van der Waals surface area contributed by atoms with Crippen molar-refractivity contribution in [3.05, 3.63) is 34.9 Å². The molecule has 0 aliphatic carbocycles. The van der Waals surface area contributed by atoms with Crippen molar-refractivity contribution in [1.82, 2.24) is 4.57 Å². The summed E-state index contributed by atoms with van der Waals surface area (Å²) in [6, 6.07) is 7.84. The fourth-order valence-corrected chi connectivity index (χ4v) is 2.65. The average molecular weight is 324 g/mol. The van der Waals surface area contributed by atoms with Crippen LogP contribution < -0.4 is 0 Å². The Balaban J connectivity index is 2.49. The van der Waals surface area contributed by atoms with Crippen LogP contribution >= 0.6 is 15.9 Å². The lowest BCUT2D eigenvalue weighted by atomic mass is 10.0. The van der Waals surface area contributed by atoms with Crippen LogP contribution in [0.2, 0.25) is 0 Å². The van der Waals surface area contributed by atoms with Gasteiger partial charge in [-0.1, -0.05) is 35.8 Å². The van der Waals surface area contributed by atoms with E-state index in [0.717, 1.165) is 21.8 Å². The summed E-state index contributed by atoms with van der Waals surface area (Å²) in [6.07, 6.45) is 2.73. The molecule has 0 unspecified atom stereocenters. The number of hydrogen-bond donors (Lipinski definition) is 0. The molecular weight excluding hydrogens is 306 g/mol. The highest BCUT2D eigenvalue weighted by Gasteiger charge is 2.23. The first kappa shape index (κ1) is 14.1. The summed E-state index contributed by atoms with van der Waals surface area (Å²) in [5, 5.41) is 1.13. The summed E-state index contributed by atoms with van der Waals surface area (Å²) in [5.41, 5.74) is 1.05. The van der Waals surface area contributed by atoms with Crippen molar-refractivity contribution < 1.29 is 9.53 Å². The zero-order valence-corrected chi connectivity index (χ0v) is 13.0. The molecule has 0 N–H and O–H groups in total. The van der Waals surface area contributed by atoms with E-state index >= 15 is 0 Å². The maximum atomic E-state index is 12.0. The van der Waals surface area contributed by atoms with Gasteiger partial charge in [-0.05, 0) is 35.9 Å². The van der Waals surface area contributed by atoms with Gasteiger partial charge in [-0.15, -0.1) is 0 Å². The minimum atomic E-state index is -0.267. The van der Waals surface area contributed by atoms with E-state index in [0.29, 0.717) is 5.92 Å². The highest BCUT2D eigenvalue weighted by Crippen LogP contribution is 2.27. The quantitative estimate of drug-likeness (QED) is 0.791. The Labute approximate surface area is 121 Å². The molecule has 0 fully saturated rings. The monoisotopic (exact) mass is 323 g/mol. The molecule has 1 aromatic heterocycles. The third-order valence-corrected chi connectivity index (χ3v) is 3.68. The highest BCUT2D eigenvalue weighted by atomic mass is 79.9. The standard InChI is InChI=1S/C15H18BrNO2/c1-10(2)8-14(15(18)19-3)17-7-6-11-4-5-12(16)9-13(11)17/h4-7,9-10,14H,8H2,1-3H3/t14-/m1/s1. The molecule has 0 aliphatic heterocycles. The molecule has 1 aromatic carbocycles. The van der Waals surface area contributed by atoms with Crippen LogP contribution in [0, 0.1) is 5.92 Å². The molecule has 0 bridgehead atoms. The number of rotatable bonds is 4. The number of carbonyl (C=O) groups is 1. The molecule has 0 amide bonds. The summed E-state index contributed by atoms with van der Waals surface area (Å²) in [6.45, 7) is 4.22. The minimum Gasteiger partial charge on any atom is -0.467 e. The highest BCUT2D eigenvalue weighted by molar-refractivity contribution is 9.10. The normalized spacial score (nSPS) is 12.9. The number of esters is 1. The minimum absolute atomic E-state index is 0.189. The summed E-state index contributed by atoms with van der Waals surface area (Å²) >= 11 is 3.48. The van der Waals surface area contributed by atoms with Gasteiger partial charge in [0.2, 0.25) is 0 Å². The van der Waals surface area contributed by atoms with Crippen LogP contribution in [-0.4, -0.2) is 17.6 Å². The van der Waals surface area contributed by atoms with Crippen molar-refractivity contribution in [2.75, 3.05) is 7.11 Å². The van der Waals surface area contributed by atoms with Gasteiger partial charge in [-0.25, -0.2) is 4.79 Å². The van der Waals surface area contributed by atoms with Crippen molar-refractivity contribution in [2.45, 2.75) is 26.3 Å². The second-order valence-corrected chi connectivity index (χ2v) is 6.01. The van der Waals surface area contributed by atoms with Crippen molar-refractivity contribution in [3.63, 3.8) is 0 Å². The second kappa shape index (κ2) is 5.78. The van der Waals surface area contributed by atoms with Crippen LogP contribution in [0.5, 0.6) is 0 Å². The summed E-state index contributed by atoms with van der Waals surface area (Å²) in [4.78, 5) is 12.0. The number of ether oxygens (including phenoxy) is 1. The van der Waals surface area contributed by atoms with Gasteiger partial charge >= 0.3 is 5.97 Å². The fraction of sp³-hybridized carbons (Fsp3) is 0.400. The van der Waals surface area contributed by atoms with Crippen molar-refractivity contribution in [1.29, 1.82) is 0 Å². The molecule has 0 spiro atoms. The molecule has 4 heteroatoms. The lowest BCUT2D eigenvalue weighted by molar-refractivity contribution is -0.145. The van der Waals surface area contributed by atoms with E-state index in [4.69, 9.17) is 4.74 Å². The molecule has 0 saturated heterocycles. The van der Waals surface area contributed by atoms with Gasteiger partial charge in [-0.3, -0.25) is 0 Å². The number of halogens is 1. The molecule has 1 heterocycles. The van der Waals surface area contributed by atoms with Crippen molar-refractivity contribution in [3.8, 4) is 0 Å². The Hall–Kier alpha value is -1.29. The first-order chi connectivity index (χ1) is 9.02. The summed E-state index contributed by atoms with van der Waals surface area (Å²) in [7, 11) is 1.44. The van der Waals surface area contributed by atoms with Crippen LogP contribution in [0.1, 0.15) is 26.3 Å². The van der Waals surface area contributed by atoms with Gasteiger partial charge in [-0.2, -0.15) is 0 Å². The van der Waals surface area contributed by atoms with E-state index in [2.05, 4.69) is 29.8 Å². The van der Waals surface area contributed by atoms with Gasteiger partial charge in [0.05, 0.1) is 7.11 Å². The predicted molar refractivity (Wildman–Crippen MR) is 80.1 cm³/mol. The Morgan fingerprint density at radius 3 is 2.74 bits per heavy atom. The number of methoxy groups -OCH3 is 1. The first-order valence-corrected chi connectivity index (χ1v) is 7.16. The van der Waals surface area contributed by atoms with Gasteiger partial charge in [0.15, 0.2) is 0 Å². The van der Waals surface area contributed by atoms with Crippen molar-refractivity contribution >= 4 is 32.8 Å². The number of aromatic nitrogens is 1. The van der Waals surface area contributed by atoms with Gasteiger partial charge in [0, 0.05) is 16.2 Å². The molecule has 102 valence electrons. The molecule has 1 atom stereocenters. The van der Waals surface area contributed by atoms with Crippen LogP contribution in [0.4, 0.5) is 0 Å². The van der Waals surface area contributed by atoms with Crippen LogP contribution in [-0.2, 0) is 9.53 Å². The maximum absolute atomic E-state index is 12.0. The van der Waals surface area contributed by atoms with E-state index in [9.17, 15) is 4.79 Å². The Morgan fingerprint density at radius 2 is 2.11 bits per heavy atom. The number of fused-ring (bicyclic) bond motifs is 1. The smallest absolute Gasteiger partial charge is 0.328 e. The topological polar surface area (TPSA) is 31.2 Å². The SMILES string of the molecule is COC(=O)[C@@H](CC(C)C)n1ccc2ccc(Br)cc21. The number of nitrogens with zero attached hydrogens (tertiary/aromatic N) is 1. The van der Waals surface area contributed by atoms with E-state index in [-0.39, 0.29) is 12.0 Å². The number of benzene rings is 1. The summed E-state index contributed by atoms with van der Waals surface area (Å²) in [5.74, 6) is 0.236. The average Bonchev–Trinajstić information content (AvgIpc) is 2.77. The van der Waals surface area contributed by atoms with E-state index in [1.54, 1.807) is 0 Å². The Kier molecular flexibility index (Phi) is 4.30. The molecular formula is C15H18BrNO2. The van der Waals surface area contributed by atoms with Gasteiger partial charge in [0.25, 0.3) is 0 Å². The molecule has 0 saturated carbocycles. The Morgan fingerprint density at radius 1 is 1.37 bits per heavy atom. The number of carbonyl (C=O) groups excluding carboxylic acids is 1. The molecule has 0 aliphatic rings. The molecule has 19 heavy (non-hydrogen) atoms. The summed E-state index contributed by atoms with van der Waals surface area (Å²) < 4.78 is 7.96. The molecule has 2 aromatic rings. The van der Waals surface area contributed by atoms with E-state index < -0.39 is 0 Å².